The molecule has 4 heteroatoms. The summed E-state index contributed by atoms with van der Waals surface area (Å²) in [4.78, 5) is 8.62. The van der Waals surface area contributed by atoms with Gasteiger partial charge < -0.3 is 9.88 Å². The van der Waals surface area contributed by atoms with Crippen molar-refractivity contribution in [3.63, 3.8) is 0 Å². The van der Waals surface area contributed by atoms with Gasteiger partial charge in [-0.05, 0) is 26.1 Å². The standard InChI is InChI=1S/C12H16N4/c1-9-15-12(10-4-6-14-7-5-10)11(8-13-2)16(9)3/h4-7,13H,8H2,1-3H3. The van der Waals surface area contributed by atoms with Crippen molar-refractivity contribution < 1.29 is 0 Å². The summed E-state index contributed by atoms with van der Waals surface area (Å²) >= 11 is 0. The van der Waals surface area contributed by atoms with E-state index >= 15 is 0 Å². The van der Waals surface area contributed by atoms with E-state index in [1.54, 1.807) is 12.4 Å². The second-order valence-electron chi connectivity index (χ2n) is 3.78. The summed E-state index contributed by atoms with van der Waals surface area (Å²) in [5.74, 6) is 1.03. The Labute approximate surface area is 95.4 Å². The van der Waals surface area contributed by atoms with Gasteiger partial charge in [0.1, 0.15) is 5.82 Å². The number of nitrogens with zero attached hydrogens (tertiary/aromatic N) is 3. The van der Waals surface area contributed by atoms with E-state index < -0.39 is 0 Å². The van der Waals surface area contributed by atoms with E-state index in [0.717, 1.165) is 23.6 Å². The molecule has 0 saturated carbocycles. The predicted octanol–water partition coefficient (Wildman–Crippen LogP) is 1.51. The van der Waals surface area contributed by atoms with Crippen molar-refractivity contribution in [3.05, 3.63) is 36.0 Å². The Morgan fingerprint density at radius 1 is 1.31 bits per heavy atom. The van der Waals surface area contributed by atoms with Crippen LogP contribution in [0, 0.1) is 6.92 Å². The molecule has 4 nitrogen and oxygen atoms in total. The molecule has 0 bridgehead atoms. The van der Waals surface area contributed by atoms with Crippen LogP contribution in [-0.2, 0) is 13.6 Å². The number of aromatic nitrogens is 3. The maximum atomic E-state index is 4.59. The van der Waals surface area contributed by atoms with Gasteiger partial charge in [-0.3, -0.25) is 4.98 Å². The third kappa shape index (κ3) is 1.84. The first-order valence-electron chi connectivity index (χ1n) is 5.31. The highest BCUT2D eigenvalue weighted by atomic mass is 15.1. The third-order valence-electron chi connectivity index (χ3n) is 2.74. The van der Waals surface area contributed by atoms with Crippen LogP contribution in [0.4, 0.5) is 0 Å². The van der Waals surface area contributed by atoms with Gasteiger partial charge in [-0.1, -0.05) is 0 Å². The molecule has 2 aromatic rings. The van der Waals surface area contributed by atoms with Gasteiger partial charge in [-0.25, -0.2) is 4.98 Å². The van der Waals surface area contributed by atoms with Crippen molar-refractivity contribution in [2.24, 2.45) is 7.05 Å². The molecule has 2 aromatic heterocycles. The first kappa shape index (κ1) is 10.8. The average Bonchev–Trinajstić information content (AvgIpc) is 2.59. The number of pyridine rings is 1. The number of hydrogen-bond donors (Lipinski definition) is 1. The molecule has 0 amide bonds. The Kier molecular flexibility index (Phi) is 3.01. The maximum Gasteiger partial charge on any atom is 0.106 e. The topological polar surface area (TPSA) is 42.7 Å². The lowest BCUT2D eigenvalue weighted by molar-refractivity contribution is 0.722. The van der Waals surface area contributed by atoms with Crippen LogP contribution in [0.25, 0.3) is 11.3 Å². The van der Waals surface area contributed by atoms with E-state index in [0.29, 0.717) is 0 Å². The van der Waals surface area contributed by atoms with E-state index in [1.165, 1.54) is 5.69 Å². The molecule has 0 radical (unpaired) electrons. The van der Waals surface area contributed by atoms with Crippen LogP contribution in [0.2, 0.25) is 0 Å². The first-order valence-corrected chi connectivity index (χ1v) is 5.31. The normalized spacial score (nSPS) is 10.7. The van der Waals surface area contributed by atoms with E-state index in [4.69, 9.17) is 0 Å². The first-order chi connectivity index (χ1) is 7.74. The van der Waals surface area contributed by atoms with Gasteiger partial charge in [0.05, 0.1) is 11.4 Å². The lowest BCUT2D eigenvalue weighted by atomic mass is 10.1. The van der Waals surface area contributed by atoms with Gasteiger partial charge in [0, 0.05) is 31.5 Å². The van der Waals surface area contributed by atoms with E-state index in [9.17, 15) is 0 Å². The molecular formula is C12H16N4. The molecule has 0 atom stereocenters. The van der Waals surface area contributed by atoms with Crippen LogP contribution in [0.5, 0.6) is 0 Å². The van der Waals surface area contributed by atoms with Crippen LogP contribution in [-0.4, -0.2) is 21.6 Å². The van der Waals surface area contributed by atoms with E-state index in [1.807, 2.05) is 33.2 Å². The minimum atomic E-state index is 0.814. The molecule has 2 heterocycles. The predicted molar refractivity (Wildman–Crippen MR) is 63.9 cm³/mol. The minimum absolute atomic E-state index is 0.814. The fraction of sp³-hybridized carbons (Fsp3) is 0.333. The molecule has 0 aliphatic carbocycles. The monoisotopic (exact) mass is 216 g/mol. The van der Waals surface area contributed by atoms with Crippen molar-refractivity contribution in [1.29, 1.82) is 0 Å². The Morgan fingerprint density at radius 2 is 2.00 bits per heavy atom. The Hall–Kier alpha value is -1.68. The largest absolute Gasteiger partial charge is 0.334 e. The number of imidazole rings is 1. The minimum Gasteiger partial charge on any atom is -0.334 e. The number of nitrogens with one attached hydrogen (secondary N) is 1. The molecule has 84 valence electrons. The van der Waals surface area contributed by atoms with Crippen molar-refractivity contribution in [2.75, 3.05) is 7.05 Å². The molecule has 0 aliphatic heterocycles. The molecule has 0 saturated heterocycles. The molecule has 1 N–H and O–H groups in total. The van der Waals surface area contributed by atoms with Gasteiger partial charge in [0.2, 0.25) is 0 Å². The summed E-state index contributed by atoms with van der Waals surface area (Å²) in [5.41, 5.74) is 3.35. The highest BCUT2D eigenvalue weighted by molar-refractivity contribution is 5.61. The number of aryl methyl sites for hydroxylation is 1. The fourth-order valence-corrected chi connectivity index (χ4v) is 1.77. The summed E-state index contributed by atoms with van der Waals surface area (Å²) in [7, 11) is 3.98. The zero-order valence-electron chi connectivity index (χ0n) is 9.86. The quantitative estimate of drug-likeness (QED) is 0.845. The van der Waals surface area contributed by atoms with Crippen molar-refractivity contribution in [3.8, 4) is 11.3 Å². The summed E-state index contributed by atoms with van der Waals surface area (Å²) in [6, 6.07) is 3.97. The lowest BCUT2D eigenvalue weighted by Gasteiger charge is -2.05. The van der Waals surface area contributed by atoms with Gasteiger partial charge in [0.25, 0.3) is 0 Å². The molecule has 2 rings (SSSR count). The zero-order chi connectivity index (χ0) is 11.5. The zero-order valence-corrected chi connectivity index (χ0v) is 9.86. The third-order valence-corrected chi connectivity index (χ3v) is 2.74. The van der Waals surface area contributed by atoms with Gasteiger partial charge >= 0.3 is 0 Å². The molecule has 16 heavy (non-hydrogen) atoms. The van der Waals surface area contributed by atoms with Crippen LogP contribution >= 0.6 is 0 Å². The van der Waals surface area contributed by atoms with Crippen molar-refractivity contribution >= 4 is 0 Å². The molecule has 0 fully saturated rings. The van der Waals surface area contributed by atoms with Gasteiger partial charge in [0.15, 0.2) is 0 Å². The summed E-state index contributed by atoms with van der Waals surface area (Å²) in [6.07, 6.45) is 3.59. The average molecular weight is 216 g/mol. The number of hydrogen-bond acceptors (Lipinski definition) is 3. The summed E-state index contributed by atoms with van der Waals surface area (Å²) < 4.78 is 2.12. The number of rotatable bonds is 3. The van der Waals surface area contributed by atoms with Crippen LogP contribution in [0.15, 0.2) is 24.5 Å². The van der Waals surface area contributed by atoms with Crippen LogP contribution in [0.3, 0.4) is 0 Å². The fourth-order valence-electron chi connectivity index (χ4n) is 1.77. The van der Waals surface area contributed by atoms with Gasteiger partial charge in [-0.15, -0.1) is 0 Å². The molecule has 0 aromatic carbocycles. The van der Waals surface area contributed by atoms with E-state index in [2.05, 4.69) is 19.9 Å². The van der Waals surface area contributed by atoms with Crippen molar-refractivity contribution in [2.45, 2.75) is 13.5 Å². The Morgan fingerprint density at radius 3 is 2.62 bits per heavy atom. The smallest absolute Gasteiger partial charge is 0.106 e. The van der Waals surface area contributed by atoms with E-state index in [-0.39, 0.29) is 0 Å². The SMILES string of the molecule is CNCc1c(-c2ccncc2)nc(C)n1C. The molecule has 0 unspecified atom stereocenters. The molecule has 0 spiro atoms. The highest BCUT2D eigenvalue weighted by Crippen LogP contribution is 2.22. The van der Waals surface area contributed by atoms with Crippen LogP contribution in [0.1, 0.15) is 11.5 Å². The highest BCUT2D eigenvalue weighted by Gasteiger charge is 2.12. The van der Waals surface area contributed by atoms with Crippen LogP contribution < -0.4 is 5.32 Å². The maximum absolute atomic E-state index is 4.59. The van der Waals surface area contributed by atoms with Gasteiger partial charge in [-0.2, -0.15) is 0 Å². The Balaban J connectivity index is 2.52. The second-order valence-corrected chi connectivity index (χ2v) is 3.78. The summed E-state index contributed by atoms with van der Waals surface area (Å²) in [5, 5.41) is 3.17. The molecular weight excluding hydrogens is 200 g/mol. The van der Waals surface area contributed by atoms with Crippen molar-refractivity contribution in [1.82, 2.24) is 19.9 Å². The summed E-state index contributed by atoms with van der Waals surface area (Å²) in [6.45, 7) is 2.83. The lowest BCUT2D eigenvalue weighted by Crippen LogP contribution is -2.10. The molecule has 0 aliphatic rings. The Bertz CT molecular complexity index is 473. The second kappa shape index (κ2) is 4.45.